The molecular weight excluding hydrogens is 318 g/mol. The fraction of sp³-hybridized carbons (Fsp3) is 0.300. The molecule has 0 bridgehead atoms. The Kier molecular flexibility index (Phi) is 4.50. The molecule has 0 aliphatic carbocycles. The monoisotopic (exact) mass is 341 g/mol. The van der Waals surface area contributed by atoms with E-state index < -0.39 is 10.0 Å². The zero-order chi connectivity index (χ0) is 17.3. The third-order valence-electron chi connectivity index (χ3n) is 4.55. The van der Waals surface area contributed by atoms with Gasteiger partial charge in [0.25, 0.3) is 10.0 Å². The van der Waals surface area contributed by atoms with Gasteiger partial charge in [0, 0.05) is 6.20 Å². The van der Waals surface area contributed by atoms with Crippen molar-refractivity contribution in [1.82, 2.24) is 4.31 Å². The summed E-state index contributed by atoms with van der Waals surface area (Å²) in [4.78, 5) is 0.343. The summed E-state index contributed by atoms with van der Waals surface area (Å²) < 4.78 is 27.9. The summed E-state index contributed by atoms with van der Waals surface area (Å²) in [6.07, 6.45) is 2.57. The average Bonchev–Trinajstić information content (AvgIpc) is 3.02. The lowest BCUT2D eigenvalue weighted by Crippen LogP contribution is -2.27. The van der Waals surface area contributed by atoms with Crippen molar-refractivity contribution < 1.29 is 8.42 Å². The Balaban J connectivity index is 2.05. The van der Waals surface area contributed by atoms with Crippen molar-refractivity contribution in [3.63, 3.8) is 0 Å². The van der Waals surface area contributed by atoms with Gasteiger partial charge in [0.05, 0.1) is 10.9 Å². The molecule has 0 amide bonds. The molecule has 3 rings (SSSR count). The number of hydrogen-bond donors (Lipinski definition) is 0. The minimum absolute atomic E-state index is 0.171. The van der Waals surface area contributed by atoms with Crippen molar-refractivity contribution in [2.45, 2.75) is 38.1 Å². The van der Waals surface area contributed by atoms with E-state index >= 15 is 0 Å². The molecule has 4 heteroatoms. The first-order valence-corrected chi connectivity index (χ1v) is 9.69. The van der Waals surface area contributed by atoms with Crippen LogP contribution >= 0.6 is 0 Å². The maximum Gasteiger partial charge on any atom is 0.264 e. The van der Waals surface area contributed by atoms with Crippen LogP contribution < -0.4 is 0 Å². The molecule has 0 saturated carbocycles. The molecule has 2 aromatic carbocycles. The van der Waals surface area contributed by atoms with Gasteiger partial charge in [-0.1, -0.05) is 61.9 Å². The van der Waals surface area contributed by atoms with Crippen LogP contribution in [0.25, 0.3) is 0 Å². The van der Waals surface area contributed by atoms with Gasteiger partial charge in [0.2, 0.25) is 0 Å². The van der Waals surface area contributed by atoms with E-state index in [0.717, 1.165) is 17.5 Å². The third-order valence-corrected chi connectivity index (χ3v) is 6.33. The maximum absolute atomic E-state index is 13.2. The summed E-state index contributed by atoms with van der Waals surface area (Å²) in [5.74, 6) is 0.328. The Morgan fingerprint density at radius 1 is 1.00 bits per heavy atom. The van der Waals surface area contributed by atoms with Gasteiger partial charge >= 0.3 is 0 Å². The molecule has 0 aromatic heterocycles. The minimum Gasteiger partial charge on any atom is -0.266 e. The van der Waals surface area contributed by atoms with Crippen LogP contribution in [0.5, 0.6) is 0 Å². The highest BCUT2D eigenvalue weighted by molar-refractivity contribution is 7.89. The molecule has 126 valence electrons. The van der Waals surface area contributed by atoms with Crippen LogP contribution in [0, 0.1) is 12.8 Å². The van der Waals surface area contributed by atoms with Crippen LogP contribution in [-0.4, -0.2) is 12.7 Å². The van der Waals surface area contributed by atoms with Crippen molar-refractivity contribution in [3.8, 4) is 0 Å². The summed E-state index contributed by atoms with van der Waals surface area (Å²) in [6.45, 7) is 6.17. The number of sulfonamides is 1. The molecule has 0 unspecified atom stereocenters. The SMILES string of the molecule is Cc1ccc(S(=O)(=O)N2C=C(C(C)C)C[C@@H]2c2ccccc2)cc1. The number of rotatable bonds is 4. The van der Waals surface area contributed by atoms with Crippen molar-refractivity contribution in [2.75, 3.05) is 0 Å². The molecule has 1 aliphatic rings. The second kappa shape index (κ2) is 6.44. The molecule has 0 saturated heterocycles. The van der Waals surface area contributed by atoms with Gasteiger partial charge in [-0.05, 0) is 42.5 Å². The highest BCUT2D eigenvalue weighted by Crippen LogP contribution is 2.40. The van der Waals surface area contributed by atoms with E-state index in [1.165, 1.54) is 5.57 Å². The van der Waals surface area contributed by atoms with Gasteiger partial charge in [0.15, 0.2) is 0 Å². The van der Waals surface area contributed by atoms with Gasteiger partial charge in [-0.2, -0.15) is 0 Å². The molecule has 24 heavy (non-hydrogen) atoms. The lowest BCUT2D eigenvalue weighted by Gasteiger charge is -2.25. The second-order valence-electron chi connectivity index (χ2n) is 6.64. The number of aryl methyl sites for hydroxylation is 1. The quantitative estimate of drug-likeness (QED) is 0.810. The van der Waals surface area contributed by atoms with E-state index in [1.54, 1.807) is 16.4 Å². The highest BCUT2D eigenvalue weighted by atomic mass is 32.2. The third kappa shape index (κ3) is 3.11. The molecule has 1 aliphatic heterocycles. The van der Waals surface area contributed by atoms with E-state index in [-0.39, 0.29) is 6.04 Å². The zero-order valence-electron chi connectivity index (χ0n) is 14.3. The predicted octanol–water partition coefficient (Wildman–Crippen LogP) is 4.67. The van der Waals surface area contributed by atoms with E-state index in [1.807, 2.05) is 55.6 Å². The van der Waals surface area contributed by atoms with Crippen LogP contribution in [0.1, 0.15) is 37.4 Å². The Morgan fingerprint density at radius 3 is 2.21 bits per heavy atom. The Labute approximate surface area is 144 Å². The molecule has 0 spiro atoms. The number of benzene rings is 2. The van der Waals surface area contributed by atoms with E-state index in [4.69, 9.17) is 0 Å². The first-order valence-electron chi connectivity index (χ1n) is 8.25. The normalized spacial score (nSPS) is 18.1. The standard InChI is InChI=1S/C20H23NO2S/c1-15(2)18-13-20(17-7-5-4-6-8-17)21(14-18)24(22,23)19-11-9-16(3)10-12-19/h4-12,14-15,20H,13H2,1-3H3/t20-/m1/s1. The molecule has 0 fully saturated rings. The van der Waals surface area contributed by atoms with Gasteiger partial charge in [-0.25, -0.2) is 8.42 Å². The Morgan fingerprint density at radius 2 is 1.62 bits per heavy atom. The smallest absolute Gasteiger partial charge is 0.264 e. The second-order valence-corrected chi connectivity index (χ2v) is 8.48. The van der Waals surface area contributed by atoms with Gasteiger partial charge < -0.3 is 0 Å². The van der Waals surface area contributed by atoms with Gasteiger partial charge in [0.1, 0.15) is 0 Å². The van der Waals surface area contributed by atoms with Crippen LogP contribution in [0.15, 0.2) is 71.3 Å². The van der Waals surface area contributed by atoms with Crippen molar-refractivity contribution in [3.05, 3.63) is 77.5 Å². The minimum atomic E-state index is -3.56. The topological polar surface area (TPSA) is 37.4 Å². The number of nitrogens with zero attached hydrogens (tertiary/aromatic N) is 1. The summed E-state index contributed by atoms with van der Waals surface area (Å²) in [7, 11) is -3.56. The summed E-state index contributed by atoms with van der Waals surface area (Å²) in [6, 6.07) is 16.8. The fourth-order valence-electron chi connectivity index (χ4n) is 3.01. The highest BCUT2D eigenvalue weighted by Gasteiger charge is 2.35. The van der Waals surface area contributed by atoms with E-state index in [9.17, 15) is 8.42 Å². The van der Waals surface area contributed by atoms with Crippen LogP contribution in [0.3, 0.4) is 0 Å². The van der Waals surface area contributed by atoms with Crippen LogP contribution in [-0.2, 0) is 10.0 Å². The number of hydrogen-bond acceptors (Lipinski definition) is 2. The predicted molar refractivity (Wildman–Crippen MR) is 96.9 cm³/mol. The lowest BCUT2D eigenvalue weighted by molar-refractivity contribution is 0.431. The van der Waals surface area contributed by atoms with Gasteiger partial charge in [-0.15, -0.1) is 0 Å². The summed E-state index contributed by atoms with van der Waals surface area (Å²) >= 11 is 0. The zero-order valence-corrected chi connectivity index (χ0v) is 15.1. The van der Waals surface area contributed by atoms with Crippen molar-refractivity contribution >= 4 is 10.0 Å². The molecule has 2 aromatic rings. The average molecular weight is 341 g/mol. The summed E-state index contributed by atoms with van der Waals surface area (Å²) in [5, 5.41) is 0. The maximum atomic E-state index is 13.2. The molecule has 0 N–H and O–H groups in total. The molecule has 3 nitrogen and oxygen atoms in total. The largest absolute Gasteiger partial charge is 0.266 e. The first-order chi connectivity index (χ1) is 11.4. The fourth-order valence-corrected chi connectivity index (χ4v) is 4.54. The van der Waals surface area contributed by atoms with Crippen molar-refractivity contribution in [1.29, 1.82) is 0 Å². The summed E-state index contributed by atoms with van der Waals surface area (Å²) in [5.41, 5.74) is 3.24. The van der Waals surface area contributed by atoms with E-state index in [0.29, 0.717) is 10.8 Å². The molecule has 1 heterocycles. The molecular formula is C20H23NO2S. The van der Waals surface area contributed by atoms with Crippen LogP contribution in [0.4, 0.5) is 0 Å². The molecule has 0 radical (unpaired) electrons. The first kappa shape index (κ1) is 16.8. The molecule has 1 atom stereocenters. The lowest BCUT2D eigenvalue weighted by atomic mass is 9.96. The van der Waals surface area contributed by atoms with Crippen LogP contribution in [0.2, 0.25) is 0 Å². The Hall–Kier alpha value is -2.07. The van der Waals surface area contributed by atoms with Crippen molar-refractivity contribution in [2.24, 2.45) is 5.92 Å². The Bertz CT molecular complexity index is 837. The van der Waals surface area contributed by atoms with E-state index in [2.05, 4.69) is 13.8 Å². The van der Waals surface area contributed by atoms with Gasteiger partial charge in [-0.3, -0.25) is 4.31 Å².